The molecule has 1 aromatic rings. The summed E-state index contributed by atoms with van der Waals surface area (Å²) in [5, 5.41) is 0. The van der Waals surface area contributed by atoms with Crippen molar-refractivity contribution >= 4 is 5.97 Å². The van der Waals surface area contributed by atoms with Crippen LogP contribution < -0.4 is 4.74 Å². The van der Waals surface area contributed by atoms with Crippen molar-refractivity contribution in [2.45, 2.75) is 6.42 Å². The maximum atomic E-state index is 13.5. The number of hydrogen-bond donors (Lipinski definition) is 0. The third-order valence-corrected chi connectivity index (χ3v) is 6.02. The second-order valence-electron chi connectivity index (χ2n) is 9.90. The van der Waals surface area contributed by atoms with E-state index in [-0.39, 0.29) is 26.4 Å². The molecule has 0 fully saturated rings. The van der Waals surface area contributed by atoms with Crippen molar-refractivity contribution in [3.8, 4) is 5.75 Å². The van der Waals surface area contributed by atoms with Gasteiger partial charge in [-0.15, -0.1) is 0 Å². The molecule has 0 bridgehead atoms. The Morgan fingerprint density at radius 2 is 0.615 bits per heavy atom. The molecular weight excluding hydrogens is 715 g/mol. The van der Waals surface area contributed by atoms with Gasteiger partial charge < -0.3 is 61.6 Å². The van der Waals surface area contributed by atoms with Crippen molar-refractivity contribution in [1.82, 2.24) is 0 Å². The molecule has 0 N–H and O–H groups in total. The molecule has 0 saturated carbocycles. The minimum atomic E-state index is -2.35. The predicted molar refractivity (Wildman–Crippen MR) is 172 cm³/mol. The van der Waals surface area contributed by atoms with Gasteiger partial charge in [-0.05, 0) is 0 Å². The number of hydrogen-bond acceptors (Lipinski definition) is 14. The first-order valence-electron chi connectivity index (χ1n) is 16.7. The van der Waals surface area contributed by atoms with E-state index in [0.717, 1.165) is 0 Å². The molecule has 1 aromatic carbocycles. The van der Waals surface area contributed by atoms with E-state index in [4.69, 9.17) is 56.8 Å². The second-order valence-corrected chi connectivity index (χ2v) is 9.90. The highest BCUT2D eigenvalue weighted by molar-refractivity contribution is 5.72. The Morgan fingerprint density at radius 3 is 0.885 bits per heavy atom. The van der Waals surface area contributed by atoms with Gasteiger partial charge in [-0.1, -0.05) is 6.58 Å². The molecule has 52 heavy (non-hydrogen) atoms. The second kappa shape index (κ2) is 34.2. The standard InChI is InChI=1S/C33H51F5O14/c1-2-40-5-6-42-9-10-44-13-14-46-17-18-48-21-22-50-25-26-51-24-23-49-20-19-47-16-15-45-12-11-43-8-7-41-4-3-27(39)52-33-31(37)29(35)28(34)30(36)32(33)38/h2H,1,3-26H2. The summed E-state index contributed by atoms with van der Waals surface area (Å²) in [6.07, 6.45) is 0.889. The molecule has 0 saturated heterocycles. The predicted octanol–water partition coefficient (Wildman–Crippen LogP) is 3.02. The van der Waals surface area contributed by atoms with Crippen molar-refractivity contribution in [3.05, 3.63) is 41.9 Å². The average Bonchev–Trinajstić information content (AvgIpc) is 3.14. The number of rotatable bonds is 38. The van der Waals surface area contributed by atoms with Crippen LogP contribution in [0.2, 0.25) is 0 Å². The Hall–Kier alpha value is -2.56. The van der Waals surface area contributed by atoms with Crippen molar-refractivity contribution in [3.63, 3.8) is 0 Å². The molecule has 0 heterocycles. The van der Waals surface area contributed by atoms with E-state index >= 15 is 0 Å². The first-order chi connectivity index (χ1) is 25.4. The van der Waals surface area contributed by atoms with Crippen LogP contribution in [0.4, 0.5) is 22.0 Å². The maximum Gasteiger partial charge on any atom is 0.313 e. The molecule has 0 unspecified atom stereocenters. The summed E-state index contributed by atoms with van der Waals surface area (Å²) in [4.78, 5) is 11.6. The SMILES string of the molecule is C=COCCOCCOCCOCCOCCOCCOCCOCCOCCOCCOCCOCCC(=O)Oc1c(F)c(F)c(F)c(F)c1F. The van der Waals surface area contributed by atoms with Crippen LogP contribution in [0.25, 0.3) is 0 Å². The van der Waals surface area contributed by atoms with Crippen LogP contribution in [0.3, 0.4) is 0 Å². The molecule has 0 aliphatic rings. The average molecular weight is 767 g/mol. The van der Waals surface area contributed by atoms with Gasteiger partial charge in [0.1, 0.15) is 6.61 Å². The topological polar surface area (TPSA) is 137 Å². The molecule has 0 aliphatic carbocycles. The number of halogens is 5. The molecule has 1 rings (SSSR count). The summed E-state index contributed by atoms with van der Waals surface area (Å²) in [6.45, 7) is 12.2. The normalized spacial score (nSPS) is 11.3. The van der Waals surface area contributed by atoms with Gasteiger partial charge in [-0.2, -0.15) is 8.78 Å². The van der Waals surface area contributed by atoms with E-state index in [9.17, 15) is 26.7 Å². The summed E-state index contributed by atoms with van der Waals surface area (Å²) in [7, 11) is 0. The van der Waals surface area contributed by atoms with E-state index in [0.29, 0.717) is 126 Å². The minimum Gasteiger partial charge on any atom is -0.499 e. The molecule has 0 atom stereocenters. The van der Waals surface area contributed by atoms with Crippen LogP contribution in [0, 0.1) is 29.1 Å². The molecule has 0 amide bonds. The van der Waals surface area contributed by atoms with Crippen LogP contribution >= 0.6 is 0 Å². The lowest BCUT2D eigenvalue weighted by Crippen LogP contribution is -2.16. The first-order valence-corrected chi connectivity index (χ1v) is 16.7. The highest BCUT2D eigenvalue weighted by Gasteiger charge is 2.28. The molecule has 0 aliphatic heterocycles. The molecular formula is C33H51F5O14. The highest BCUT2D eigenvalue weighted by atomic mass is 19.2. The van der Waals surface area contributed by atoms with Crippen LogP contribution in [0.1, 0.15) is 6.42 Å². The van der Waals surface area contributed by atoms with Crippen LogP contribution in [-0.2, 0) is 61.6 Å². The van der Waals surface area contributed by atoms with Gasteiger partial charge in [0, 0.05) is 0 Å². The van der Waals surface area contributed by atoms with E-state index < -0.39 is 47.2 Å². The fraction of sp³-hybridized carbons (Fsp3) is 0.727. The van der Waals surface area contributed by atoms with E-state index in [1.807, 2.05) is 0 Å². The Bertz CT molecular complexity index is 1010. The summed E-state index contributed by atoms with van der Waals surface area (Å²) in [5.74, 6) is -14.1. The van der Waals surface area contributed by atoms with Gasteiger partial charge in [-0.3, -0.25) is 4.79 Å². The van der Waals surface area contributed by atoms with Gasteiger partial charge in [0.15, 0.2) is 0 Å². The number of carbonyl (C=O) groups is 1. The monoisotopic (exact) mass is 766 g/mol. The van der Waals surface area contributed by atoms with Crippen molar-refractivity contribution in [2.75, 3.05) is 152 Å². The molecule has 14 nitrogen and oxygen atoms in total. The number of carbonyl (C=O) groups excluding carboxylic acids is 1. The Labute approximate surface area is 300 Å². The lowest BCUT2D eigenvalue weighted by molar-refractivity contribution is -0.136. The zero-order valence-electron chi connectivity index (χ0n) is 29.4. The summed E-state index contributed by atoms with van der Waals surface area (Å²) in [6, 6.07) is 0. The lowest BCUT2D eigenvalue weighted by Gasteiger charge is -2.09. The molecule has 302 valence electrons. The Balaban J connectivity index is 1.73. The van der Waals surface area contributed by atoms with Crippen molar-refractivity contribution < 1.29 is 88.3 Å². The van der Waals surface area contributed by atoms with Crippen LogP contribution in [-0.4, -0.2) is 158 Å². The quantitative estimate of drug-likeness (QED) is 0.0186. The van der Waals surface area contributed by atoms with Crippen LogP contribution in [0.15, 0.2) is 12.8 Å². The lowest BCUT2D eigenvalue weighted by atomic mass is 10.2. The van der Waals surface area contributed by atoms with Gasteiger partial charge in [-0.25, -0.2) is 13.2 Å². The van der Waals surface area contributed by atoms with E-state index in [2.05, 4.69) is 11.3 Å². The zero-order chi connectivity index (χ0) is 37.9. The number of esters is 1. The van der Waals surface area contributed by atoms with Crippen molar-refractivity contribution in [2.24, 2.45) is 0 Å². The molecule has 0 spiro atoms. The van der Waals surface area contributed by atoms with Gasteiger partial charge >= 0.3 is 5.97 Å². The Kier molecular flexibility index (Phi) is 31.2. The van der Waals surface area contributed by atoms with Crippen LogP contribution in [0.5, 0.6) is 5.75 Å². The van der Waals surface area contributed by atoms with Gasteiger partial charge in [0.2, 0.25) is 34.8 Å². The van der Waals surface area contributed by atoms with Gasteiger partial charge in [0.25, 0.3) is 0 Å². The summed E-state index contributed by atoms with van der Waals surface area (Å²) >= 11 is 0. The van der Waals surface area contributed by atoms with E-state index in [1.165, 1.54) is 6.26 Å². The minimum absolute atomic E-state index is 0.0785. The third kappa shape index (κ3) is 25.4. The molecule has 0 aromatic heterocycles. The molecule has 0 radical (unpaired) electrons. The number of ether oxygens (including phenoxy) is 13. The zero-order valence-corrected chi connectivity index (χ0v) is 29.4. The first kappa shape index (κ1) is 47.5. The Morgan fingerprint density at radius 1 is 0.385 bits per heavy atom. The highest BCUT2D eigenvalue weighted by Crippen LogP contribution is 2.29. The van der Waals surface area contributed by atoms with Crippen molar-refractivity contribution in [1.29, 1.82) is 0 Å². The summed E-state index contributed by atoms with van der Waals surface area (Å²) in [5.41, 5.74) is 0. The summed E-state index contributed by atoms with van der Waals surface area (Å²) < 4.78 is 135. The smallest absolute Gasteiger partial charge is 0.313 e. The van der Waals surface area contributed by atoms with Gasteiger partial charge in [0.05, 0.1) is 158 Å². The van der Waals surface area contributed by atoms with E-state index in [1.54, 1.807) is 0 Å². The third-order valence-electron chi connectivity index (χ3n) is 6.02. The maximum absolute atomic E-state index is 13.5. The fourth-order valence-electron chi connectivity index (χ4n) is 3.49. The number of benzene rings is 1. The molecule has 19 heteroatoms. The largest absolute Gasteiger partial charge is 0.499 e. The fourth-order valence-corrected chi connectivity index (χ4v) is 3.49.